The maximum Gasteiger partial charge on any atom is 0.338 e. The maximum atomic E-state index is 12.9. The summed E-state index contributed by atoms with van der Waals surface area (Å²) in [4.78, 5) is 22.0. The van der Waals surface area contributed by atoms with Crippen LogP contribution >= 0.6 is 11.6 Å². The highest BCUT2D eigenvalue weighted by molar-refractivity contribution is 6.31. The molecule has 0 aliphatic carbocycles. The molecule has 5 nitrogen and oxygen atoms in total. The van der Waals surface area contributed by atoms with Crippen molar-refractivity contribution in [2.24, 2.45) is 4.99 Å². The molecule has 0 bridgehead atoms. The monoisotopic (exact) mass is 383 g/mol. The predicted octanol–water partition coefficient (Wildman–Crippen LogP) is 4.44. The number of ether oxygens (including phenoxy) is 1. The van der Waals surface area contributed by atoms with Crippen molar-refractivity contribution in [3.8, 4) is 0 Å². The van der Waals surface area contributed by atoms with E-state index >= 15 is 0 Å². The van der Waals surface area contributed by atoms with Crippen molar-refractivity contribution in [1.82, 2.24) is 10.3 Å². The van der Waals surface area contributed by atoms with Crippen LogP contribution in [0.25, 0.3) is 0 Å². The number of rotatable bonds is 3. The van der Waals surface area contributed by atoms with E-state index in [4.69, 9.17) is 21.3 Å². The van der Waals surface area contributed by atoms with Gasteiger partial charge in [-0.05, 0) is 45.9 Å². The van der Waals surface area contributed by atoms with E-state index in [1.165, 1.54) is 0 Å². The molecule has 3 rings (SSSR count). The van der Waals surface area contributed by atoms with E-state index in [2.05, 4.69) is 10.3 Å². The van der Waals surface area contributed by atoms with Gasteiger partial charge in [0, 0.05) is 22.5 Å². The van der Waals surface area contributed by atoms with E-state index in [-0.39, 0.29) is 0 Å². The Bertz CT molecular complexity index is 915. The molecule has 1 atom stereocenters. The molecule has 1 aliphatic rings. The molecule has 0 spiro atoms. The summed E-state index contributed by atoms with van der Waals surface area (Å²) in [5.41, 5.74) is 1.94. The molecule has 1 aromatic carbocycles. The Hall–Kier alpha value is -2.66. The number of hydrogen-bond acceptors (Lipinski definition) is 5. The summed E-state index contributed by atoms with van der Waals surface area (Å²) in [6.07, 6.45) is 1.70. The Morgan fingerprint density at radius 1 is 1.15 bits per heavy atom. The van der Waals surface area contributed by atoms with Crippen LogP contribution in [0.4, 0.5) is 0 Å². The number of nitrogens with one attached hydrogen (secondary N) is 1. The first-order valence-corrected chi connectivity index (χ1v) is 9.09. The van der Waals surface area contributed by atoms with Crippen LogP contribution in [-0.4, -0.2) is 22.4 Å². The van der Waals surface area contributed by atoms with E-state index in [1.54, 1.807) is 12.3 Å². The third-order valence-corrected chi connectivity index (χ3v) is 4.31. The summed E-state index contributed by atoms with van der Waals surface area (Å²) < 4.78 is 5.62. The number of nitrogens with zero attached hydrogens (tertiary/aromatic N) is 2. The number of amidine groups is 1. The molecule has 140 valence electrons. The van der Waals surface area contributed by atoms with Crippen LogP contribution in [0.1, 0.15) is 45.0 Å². The smallest absolute Gasteiger partial charge is 0.338 e. The van der Waals surface area contributed by atoms with Gasteiger partial charge in [-0.1, -0.05) is 35.9 Å². The fourth-order valence-electron chi connectivity index (χ4n) is 2.83. The summed E-state index contributed by atoms with van der Waals surface area (Å²) >= 11 is 6.42. The number of pyridine rings is 1. The lowest BCUT2D eigenvalue weighted by molar-refractivity contribution is -0.150. The second kappa shape index (κ2) is 7.53. The zero-order valence-electron chi connectivity index (χ0n) is 15.8. The van der Waals surface area contributed by atoms with Gasteiger partial charge in [-0.15, -0.1) is 0 Å². The molecule has 0 fully saturated rings. The number of aromatic nitrogens is 1. The van der Waals surface area contributed by atoms with Gasteiger partial charge in [-0.2, -0.15) is 0 Å². The Kier molecular flexibility index (Phi) is 5.33. The molecule has 1 N–H and O–H groups in total. The molecular formula is C21H22ClN3O2. The van der Waals surface area contributed by atoms with E-state index in [9.17, 15) is 4.79 Å². The first-order valence-electron chi connectivity index (χ1n) is 8.71. The molecule has 0 radical (unpaired) electrons. The topological polar surface area (TPSA) is 63.6 Å². The zero-order valence-corrected chi connectivity index (χ0v) is 16.5. The third-order valence-electron chi connectivity index (χ3n) is 3.97. The Morgan fingerprint density at radius 3 is 2.48 bits per heavy atom. The fourth-order valence-corrected chi connectivity index (χ4v) is 3.07. The highest BCUT2D eigenvalue weighted by Gasteiger charge is 2.33. The van der Waals surface area contributed by atoms with Crippen molar-refractivity contribution >= 4 is 23.4 Å². The van der Waals surface area contributed by atoms with Crippen LogP contribution in [0.5, 0.6) is 0 Å². The van der Waals surface area contributed by atoms with Gasteiger partial charge in [0.25, 0.3) is 0 Å². The minimum absolute atomic E-state index is 0.416. The minimum Gasteiger partial charge on any atom is -0.456 e. The van der Waals surface area contributed by atoms with E-state index in [1.807, 2.05) is 64.1 Å². The maximum absolute atomic E-state index is 12.9. The fraction of sp³-hybridized carbons (Fsp3) is 0.286. The van der Waals surface area contributed by atoms with E-state index < -0.39 is 17.6 Å². The lowest BCUT2D eigenvalue weighted by Crippen LogP contribution is -2.35. The van der Waals surface area contributed by atoms with Gasteiger partial charge in [-0.3, -0.25) is 9.98 Å². The van der Waals surface area contributed by atoms with Gasteiger partial charge in [0.1, 0.15) is 17.3 Å². The Balaban J connectivity index is 2.09. The van der Waals surface area contributed by atoms with Crippen molar-refractivity contribution in [3.05, 3.63) is 76.2 Å². The lowest BCUT2D eigenvalue weighted by Gasteiger charge is -2.29. The van der Waals surface area contributed by atoms with Crippen LogP contribution in [-0.2, 0) is 9.53 Å². The number of carbonyl (C=O) groups is 1. The van der Waals surface area contributed by atoms with Crippen LogP contribution < -0.4 is 5.32 Å². The molecular weight excluding hydrogens is 362 g/mol. The summed E-state index contributed by atoms with van der Waals surface area (Å²) in [6, 6.07) is 12.4. The second-order valence-electron chi connectivity index (χ2n) is 7.28. The zero-order chi connectivity index (χ0) is 19.6. The van der Waals surface area contributed by atoms with Gasteiger partial charge in [-0.25, -0.2) is 4.79 Å². The minimum atomic E-state index is -0.611. The SMILES string of the molecule is CC1=C(C(=O)OC(C)(C)C)C(c2ccccc2Cl)N=C(c2ccccn2)N1. The van der Waals surface area contributed by atoms with Crippen LogP contribution in [0.3, 0.4) is 0 Å². The number of allylic oxidation sites excluding steroid dienone is 1. The standard InChI is InChI=1S/C21H22ClN3O2/c1-13-17(20(26)27-21(2,3)4)18(14-9-5-6-10-15(14)22)25-19(24-13)16-11-7-8-12-23-16/h5-12,18H,1-4H3,(H,24,25). The van der Waals surface area contributed by atoms with Gasteiger partial charge in [0.15, 0.2) is 5.84 Å². The van der Waals surface area contributed by atoms with Crippen molar-refractivity contribution < 1.29 is 9.53 Å². The Morgan fingerprint density at radius 2 is 1.85 bits per heavy atom. The van der Waals surface area contributed by atoms with Crippen molar-refractivity contribution in [2.75, 3.05) is 0 Å². The summed E-state index contributed by atoms with van der Waals surface area (Å²) in [6.45, 7) is 7.35. The van der Waals surface area contributed by atoms with Gasteiger partial charge < -0.3 is 10.1 Å². The first kappa shape index (κ1) is 19.1. The molecule has 27 heavy (non-hydrogen) atoms. The van der Waals surface area contributed by atoms with E-state index in [0.717, 1.165) is 5.56 Å². The number of halogens is 1. The van der Waals surface area contributed by atoms with Gasteiger partial charge in [0.05, 0.1) is 5.57 Å². The van der Waals surface area contributed by atoms with Gasteiger partial charge in [0.2, 0.25) is 0 Å². The van der Waals surface area contributed by atoms with Crippen LogP contribution in [0.2, 0.25) is 5.02 Å². The average Bonchev–Trinajstić information content (AvgIpc) is 2.60. The number of hydrogen-bond donors (Lipinski definition) is 1. The number of carbonyl (C=O) groups excluding carboxylic acids is 1. The molecule has 2 aromatic rings. The van der Waals surface area contributed by atoms with Crippen molar-refractivity contribution in [1.29, 1.82) is 0 Å². The molecule has 2 heterocycles. The second-order valence-corrected chi connectivity index (χ2v) is 7.69. The van der Waals surface area contributed by atoms with Crippen LogP contribution in [0.15, 0.2) is 64.9 Å². The number of esters is 1. The average molecular weight is 384 g/mol. The van der Waals surface area contributed by atoms with Gasteiger partial charge >= 0.3 is 5.97 Å². The number of benzene rings is 1. The number of aliphatic imine (C=N–C) groups is 1. The molecule has 1 unspecified atom stereocenters. The predicted molar refractivity (Wildman–Crippen MR) is 107 cm³/mol. The highest BCUT2D eigenvalue weighted by atomic mass is 35.5. The first-order chi connectivity index (χ1) is 12.8. The molecule has 6 heteroatoms. The lowest BCUT2D eigenvalue weighted by atomic mass is 9.95. The van der Waals surface area contributed by atoms with E-state index in [0.29, 0.717) is 27.8 Å². The van der Waals surface area contributed by atoms with Crippen molar-refractivity contribution in [3.63, 3.8) is 0 Å². The highest BCUT2D eigenvalue weighted by Crippen LogP contribution is 2.36. The summed E-state index contributed by atoms with van der Waals surface area (Å²) in [5, 5.41) is 3.74. The normalized spacial score (nSPS) is 17.2. The quantitative estimate of drug-likeness (QED) is 0.796. The largest absolute Gasteiger partial charge is 0.456 e. The Labute approximate surface area is 164 Å². The summed E-state index contributed by atoms with van der Waals surface area (Å²) in [5.74, 6) is 0.173. The molecule has 0 amide bonds. The van der Waals surface area contributed by atoms with Crippen molar-refractivity contribution in [2.45, 2.75) is 39.3 Å². The van der Waals surface area contributed by atoms with Crippen LogP contribution in [0, 0.1) is 0 Å². The molecule has 0 saturated heterocycles. The molecule has 0 saturated carbocycles. The molecule has 1 aliphatic heterocycles. The molecule has 1 aromatic heterocycles. The summed E-state index contributed by atoms with van der Waals surface area (Å²) in [7, 11) is 0. The third kappa shape index (κ3) is 4.37.